The van der Waals surface area contributed by atoms with Crippen LogP contribution in [0.4, 0.5) is 18.9 Å². The Balaban J connectivity index is 0.000000133. The third-order valence-corrected chi connectivity index (χ3v) is 27.1. The van der Waals surface area contributed by atoms with Crippen LogP contribution < -0.4 is 24.2 Å². The maximum Gasteiger partial charge on any atom is 0.279 e. The highest BCUT2D eigenvalue weighted by Crippen LogP contribution is 2.42. The number of hydrogen-bond acceptors (Lipinski definition) is 12. The van der Waals surface area contributed by atoms with E-state index in [1.54, 1.807) is 40.7 Å². The van der Waals surface area contributed by atoms with E-state index in [4.69, 9.17) is 4.74 Å². The first kappa shape index (κ1) is 80.1. The van der Waals surface area contributed by atoms with Crippen molar-refractivity contribution in [3.05, 3.63) is 179 Å². The number of para-hydroxylation sites is 1. The molecular formula is C76H99F3N14O10S4. The molecule has 1 unspecified atom stereocenters. The fraction of sp³-hybridized carbons (Fsp3) is 0.434. The number of halogens is 3. The van der Waals surface area contributed by atoms with Gasteiger partial charge in [-0.25, -0.2) is 40.1 Å². The number of aromatic nitrogens is 4. The van der Waals surface area contributed by atoms with Crippen molar-refractivity contribution in [2.75, 3.05) is 131 Å². The Morgan fingerprint density at radius 2 is 1.04 bits per heavy atom. The predicted octanol–water partition coefficient (Wildman–Crippen LogP) is 10.8. The van der Waals surface area contributed by atoms with Gasteiger partial charge in [-0.2, -0.15) is 38.2 Å². The second kappa shape index (κ2) is 35.2. The lowest BCUT2D eigenvalue weighted by Crippen LogP contribution is -2.44. The summed E-state index contributed by atoms with van der Waals surface area (Å²) in [5.41, 5.74) is 12.9. The normalized spacial score (nSPS) is 18.5. The number of nitrogens with one attached hydrogen (secondary N) is 8. The van der Waals surface area contributed by atoms with E-state index in [2.05, 4.69) is 87.1 Å². The van der Waals surface area contributed by atoms with Crippen LogP contribution in [0.5, 0.6) is 5.75 Å². The average Bonchev–Trinajstić information content (AvgIpc) is 1.32. The first-order valence-electron chi connectivity index (χ1n) is 36.4. The van der Waals surface area contributed by atoms with Crippen molar-refractivity contribution in [3.8, 4) is 5.75 Å². The Morgan fingerprint density at radius 3 is 1.59 bits per heavy atom. The van der Waals surface area contributed by atoms with Gasteiger partial charge in [0.15, 0.2) is 0 Å². The molecule has 9 aromatic rings. The summed E-state index contributed by atoms with van der Waals surface area (Å²) >= 11 is 0. The van der Waals surface area contributed by atoms with Crippen LogP contribution in [0.15, 0.2) is 134 Å². The minimum Gasteiger partial charge on any atom is -0.492 e. The number of fused-ring (bicyclic) bond motifs is 5. The molecule has 6 aliphatic heterocycles. The second-order valence-electron chi connectivity index (χ2n) is 27.9. The van der Waals surface area contributed by atoms with Gasteiger partial charge in [0.1, 0.15) is 29.8 Å². The van der Waals surface area contributed by atoms with Crippen LogP contribution in [-0.2, 0) is 45.4 Å². The molecule has 0 saturated carbocycles. The molecule has 3 saturated heterocycles. The molecule has 0 radical (unpaired) electrons. The number of sulfonamides is 1. The third kappa shape index (κ3) is 19.8. The third-order valence-electron chi connectivity index (χ3n) is 21.0. The maximum atomic E-state index is 13.2. The topological polar surface area (TPSA) is 294 Å². The Bertz CT molecular complexity index is 5120. The Hall–Kier alpha value is -7.92. The lowest BCUT2D eigenvalue weighted by molar-refractivity contribution is -0.128. The van der Waals surface area contributed by atoms with Gasteiger partial charge in [0.25, 0.3) is 30.6 Å². The summed E-state index contributed by atoms with van der Waals surface area (Å²) in [6.45, 7) is 11.9. The van der Waals surface area contributed by atoms with E-state index in [9.17, 15) is 51.6 Å². The van der Waals surface area contributed by atoms with Gasteiger partial charge in [0.2, 0.25) is 15.9 Å². The first-order chi connectivity index (χ1) is 51.1. The second-order valence-corrected chi connectivity index (χ2v) is 35.4. The molecular weight excluding hydrogens is 1450 g/mol. The molecule has 15 rings (SSSR count). The highest BCUT2D eigenvalue weighted by Gasteiger charge is 2.36. The van der Waals surface area contributed by atoms with Gasteiger partial charge >= 0.3 is 0 Å². The number of rotatable bonds is 17. The summed E-state index contributed by atoms with van der Waals surface area (Å²) in [6.07, 6.45) is 19.8. The van der Waals surface area contributed by atoms with Crippen molar-refractivity contribution in [1.29, 1.82) is 0 Å². The average molecular weight is 1550 g/mol. The van der Waals surface area contributed by atoms with Gasteiger partial charge in [-0.15, -0.1) is 0 Å². The van der Waals surface area contributed by atoms with Crippen LogP contribution in [-0.4, -0.2) is 213 Å². The number of amides is 1. The monoisotopic (exact) mass is 1550 g/mol. The maximum absolute atomic E-state index is 13.2. The largest absolute Gasteiger partial charge is 0.492 e. The molecule has 3 fully saturated rings. The summed E-state index contributed by atoms with van der Waals surface area (Å²) in [6, 6.07) is 28.7. The van der Waals surface area contributed by atoms with E-state index in [-0.39, 0.29) is 23.4 Å². The van der Waals surface area contributed by atoms with Crippen molar-refractivity contribution >= 4 is 107 Å². The molecule has 4 aromatic heterocycles. The van der Waals surface area contributed by atoms with E-state index in [0.717, 1.165) is 126 Å². The number of benzene rings is 5. The fourth-order valence-corrected chi connectivity index (χ4v) is 19.0. The van der Waals surface area contributed by atoms with Crippen LogP contribution in [0.25, 0.3) is 54.8 Å². The zero-order valence-corrected chi connectivity index (χ0v) is 64.9. The van der Waals surface area contributed by atoms with Gasteiger partial charge in [0.05, 0.1) is 6.26 Å². The van der Waals surface area contributed by atoms with Crippen molar-refractivity contribution < 1.29 is 56.4 Å². The SMILES string of the molecule is CC(=O)N1CC=C(c2c[nH]c3cc(OCCN(C)C)ccc23)CC1.CCNS(=O)(=O)N1CCC(c2c[nH]c3ccccc23)CC1.CNS(=O)(=O)N1CC=C(c2c[nH]c3cc(F)ccc23)CC1.CNS(=O)(=O)N1CCC(c2c[nH]c3cc(F)ccc23)CC1.CS(=O)(=O)N1CCC(C2CNc3cc(F)ccc32)CC1. The van der Waals surface area contributed by atoms with Gasteiger partial charge in [-0.05, 0) is 178 Å². The molecule has 578 valence electrons. The number of hydrogen-bond donors (Lipinski definition) is 8. The molecule has 0 bridgehead atoms. The van der Waals surface area contributed by atoms with Crippen molar-refractivity contribution in [1.82, 2.24) is 61.1 Å². The minimum atomic E-state index is -3.38. The van der Waals surface area contributed by atoms with Crippen molar-refractivity contribution in [3.63, 3.8) is 0 Å². The number of anilines is 1. The number of likely N-dealkylation sites (N-methyl/N-ethyl adjacent to an activating group) is 1. The highest BCUT2D eigenvalue weighted by atomic mass is 32.2. The molecule has 6 aliphatic rings. The van der Waals surface area contributed by atoms with E-state index in [1.165, 1.54) is 92.3 Å². The molecule has 24 nitrogen and oxygen atoms in total. The number of H-pyrrole nitrogens is 4. The van der Waals surface area contributed by atoms with Crippen LogP contribution in [0.2, 0.25) is 0 Å². The quantitative estimate of drug-likeness (QED) is 0.0422. The summed E-state index contributed by atoms with van der Waals surface area (Å²) in [4.78, 5) is 28.2. The standard InChI is InChI=1S/C19H25N3O2.C15H21N3O2S.C14H18FN3O2S.C14H16FN3O2S.C14H19FN2O2S/c1-14(23)22-8-6-15(7-9-22)18-13-20-19-12-16(4-5-17(18)19)24-11-10-21(2)3;1-2-17-21(19,20)18-9-7-12(8-10-18)14-11-16-15-6-4-3-5-13(14)15;2*1-16-21(19,20)18-6-4-10(5-7-18)13-9-17-14-8-11(15)2-3-12(13)14;1-20(18,19)17-6-4-10(5-7-17)13-9-16-14-8-11(15)2-3-12(13)14/h4-6,12-13,20H,7-11H2,1-3H3;3-6,11-12,16-17H,2,7-10H2,1H3;2-3,8-10,16-17H,4-7H2,1H3;2-4,8-9,16-17H,5-7H2,1H3;2-3,8,10,13,16H,4-7,9H2,1H3. The highest BCUT2D eigenvalue weighted by molar-refractivity contribution is 7.88. The fourth-order valence-electron chi connectivity index (χ4n) is 15.1. The minimum absolute atomic E-state index is 0.142. The molecule has 0 spiro atoms. The Labute approximate surface area is 626 Å². The van der Waals surface area contributed by atoms with Crippen molar-refractivity contribution in [2.24, 2.45) is 5.92 Å². The van der Waals surface area contributed by atoms with E-state index in [1.807, 2.05) is 61.7 Å². The molecule has 1 atom stereocenters. The van der Waals surface area contributed by atoms with Crippen LogP contribution >= 0.6 is 0 Å². The molecule has 107 heavy (non-hydrogen) atoms. The zero-order valence-electron chi connectivity index (χ0n) is 61.6. The number of carbonyl (C=O) groups is 1. The summed E-state index contributed by atoms with van der Waals surface area (Å²) in [5, 5.41) is 7.69. The number of aromatic amines is 4. The molecule has 10 heterocycles. The van der Waals surface area contributed by atoms with Gasteiger partial charge in [0, 0.05) is 203 Å². The van der Waals surface area contributed by atoms with E-state index in [0.29, 0.717) is 102 Å². The van der Waals surface area contributed by atoms with E-state index >= 15 is 0 Å². The molecule has 5 aromatic carbocycles. The predicted molar refractivity (Wildman–Crippen MR) is 419 cm³/mol. The smallest absolute Gasteiger partial charge is 0.279 e. The summed E-state index contributed by atoms with van der Waals surface area (Å²) in [7, 11) is -6.17. The number of carbonyl (C=O) groups excluding carboxylic acids is 1. The van der Waals surface area contributed by atoms with Gasteiger partial charge in [-0.3, -0.25) is 4.79 Å². The lowest BCUT2D eigenvalue weighted by Gasteiger charge is -2.33. The van der Waals surface area contributed by atoms with Crippen LogP contribution in [0.1, 0.15) is 111 Å². The summed E-state index contributed by atoms with van der Waals surface area (Å²) in [5.74, 6) is 1.83. The number of piperidine rings is 3. The molecule has 1 amide bonds. The van der Waals surface area contributed by atoms with Gasteiger partial charge < -0.3 is 39.8 Å². The number of nitrogens with zero attached hydrogens (tertiary/aromatic N) is 6. The van der Waals surface area contributed by atoms with Crippen LogP contribution in [0, 0.1) is 23.4 Å². The van der Waals surface area contributed by atoms with E-state index < -0.39 is 40.7 Å². The van der Waals surface area contributed by atoms with Crippen LogP contribution in [0.3, 0.4) is 0 Å². The number of ether oxygens (including phenoxy) is 1. The Kier molecular flexibility index (Phi) is 26.3. The molecule has 31 heteroatoms. The lowest BCUT2D eigenvalue weighted by atomic mass is 9.81. The summed E-state index contributed by atoms with van der Waals surface area (Å²) < 4.78 is 153. The van der Waals surface area contributed by atoms with Crippen molar-refractivity contribution in [2.45, 2.75) is 83.0 Å². The Morgan fingerprint density at radius 1 is 0.542 bits per heavy atom. The molecule has 0 aliphatic carbocycles. The zero-order chi connectivity index (χ0) is 76.4. The molecule has 8 N–H and O–H groups in total. The first-order valence-corrected chi connectivity index (χ1v) is 42.5. The van der Waals surface area contributed by atoms with Gasteiger partial charge in [-0.1, -0.05) is 43.3 Å².